The Morgan fingerprint density at radius 3 is 2.65 bits per heavy atom. The predicted molar refractivity (Wildman–Crippen MR) is 81.2 cm³/mol. The fourth-order valence-corrected chi connectivity index (χ4v) is 5.90. The molecule has 0 aliphatic carbocycles. The lowest BCUT2D eigenvalue weighted by Crippen LogP contribution is -2.33. The number of carboxylic acid groups (broad SMARTS) is 1. The summed E-state index contributed by atoms with van der Waals surface area (Å²) in [6.45, 7) is 5.17. The van der Waals surface area contributed by atoms with Gasteiger partial charge < -0.3 is 5.11 Å². The van der Waals surface area contributed by atoms with E-state index in [0.29, 0.717) is 13.1 Å². The Bertz CT molecular complexity index is 606. The van der Waals surface area contributed by atoms with E-state index >= 15 is 0 Å². The Morgan fingerprint density at radius 1 is 1.35 bits per heavy atom. The SMILES string of the molecule is CC1(C)CCN(S(=O)(=O)c2ccc(C(=O)O)s2)CCS1. The lowest BCUT2D eigenvalue weighted by Gasteiger charge is -2.22. The van der Waals surface area contributed by atoms with Crippen molar-refractivity contribution in [2.75, 3.05) is 18.8 Å². The molecule has 1 N–H and O–H groups in total. The Morgan fingerprint density at radius 2 is 2.05 bits per heavy atom. The van der Waals surface area contributed by atoms with Gasteiger partial charge in [0.1, 0.15) is 9.09 Å². The van der Waals surface area contributed by atoms with Gasteiger partial charge in [0.05, 0.1) is 0 Å². The highest BCUT2D eigenvalue weighted by Crippen LogP contribution is 2.33. The van der Waals surface area contributed by atoms with Crippen molar-refractivity contribution in [3.8, 4) is 0 Å². The first kappa shape index (κ1) is 15.8. The Labute approximate surface area is 127 Å². The maximum atomic E-state index is 12.5. The number of hydrogen-bond donors (Lipinski definition) is 1. The molecule has 0 amide bonds. The second-order valence-electron chi connectivity index (χ2n) is 5.19. The minimum atomic E-state index is -3.57. The first-order valence-corrected chi connectivity index (χ1v) is 9.44. The van der Waals surface area contributed by atoms with E-state index in [1.165, 1.54) is 16.4 Å². The number of carboxylic acids is 1. The van der Waals surface area contributed by atoms with E-state index < -0.39 is 16.0 Å². The van der Waals surface area contributed by atoms with Crippen molar-refractivity contribution >= 4 is 39.1 Å². The number of aromatic carboxylic acids is 1. The lowest BCUT2D eigenvalue weighted by atomic mass is 10.1. The second kappa shape index (κ2) is 5.67. The van der Waals surface area contributed by atoms with Crippen LogP contribution in [0.1, 0.15) is 29.9 Å². The number of carbonyl (C=O) groups is 1. The van der Waals surface area contributed by atoms with Crippen LogP contribution in [0.15, 0.2) is 16.3 Å². The number of sulfonamides is 1. The third kappa shape index (κ3) is 3.36. The molecule has 0 saturated carbocycles. The molecule has 0 radical (unpaired) electrons. The molecule has 20 heavy (non-hydrogen) atoms. The van der Waals surface area contributed by atoms with Gasteiger partial charge in [-0.1, -0.05) is 13.8 Å². The molecular formula is C12H17NO4S3. The third-order valence-corrected chi connectivity index (χ3v) is 7.99. The van der Waals surface area contributed by atoms with Crippen LogP contribution in [-0.4, -0.2) is 47.4 Å². The number of thioether (sulfide) groups is 1. The standard InChI is InChI=1S/C12H17NO4S3/c1-12(2)5-6-13(7-8-18-12)20(16,17)10-4-3-9(19-10)11(14)15/h3-4H,5-8H2,1-2H3,(H,14,15). The first-order valence-electron chi connectivity index (χ1n) is 6.20. The van der Waals surface area contributed by atoms with Crippen LogP contribution in [0.5, 0.6) is 0 Å². The normalized spacial score (nSPS) is 20.5. The lowest BCUT2D eigenvalue weighted by molar-refractivity contribution is 0.0702. The van der Waals surface area contributed by atoms with Crippen molar-refractivity contribution in [2.24, 2.45) is 0 Å². The molecule has 1 aromatic rings. The second-order valence-corrected chi connectivity index (χ2v) is 10.2. The van der Waals surface area contributed by atoms with Gasteiger partial charge in [0, 0.05) is 23.6 Å². The average molecular weight is 335 g/mol. The van der Waals surface area contributed by atoms with E-state index in [1.54, 1.807) is 11.8 Å². The summed E-state index contributed by atoms with van der Waals surface area (Å²) in [5.74, 6) is -0.340. The highest BCUT2D eigenvalue weighted by Gasteiger charge is 2.31. The van der Waals surface area contributed by atoms with Crippen LogP contribution in [0, 0.1) is 0 Å². The molecule has 0 bridgehead atoms. The molecule has 1 aliphatic rings. The van der Waals surface area contributed by atoms with Gasteiger partial charge in [-0.25, -0.2) is 13.2 Å². The van der Waals surface area contributed by atoms with Crippen molar-refractivity contribution in [1.29, 1.82) is 0 Å². The van der Waals surface area contributed by atoms with E-state index in [4.69, 9.17) is 5.11 Å². The summed E-state index contributed by atoms with van der Waals surface area (Å²) in [6, 6.07) is 2.73. The van der Waals surface area contributed by atoms with E-state index in [0.717, 1.165) is 23.5 Å². The largest absolute Gasteiger partial charge is 0.477 e. The Kier molecular flexibility index (Phi) is 4.48. The topological polar surface area (TPSA) is 74.7 Å². The van der Waals surface area contributed by atoms with Crippen LogP contribution in [0.3, 0.4) is 0 Å². The smallest absolute Gasteiger partial charge is 0.345 e. The fraction of sp³-hybridized carbons (Fsp3) is 0.583. The van der Waals surface area contributed by atoms with Crippen molar-refractivity contribution in [3.05, 3.63) is 17.0 Å². The Hall–Kier alpha value is -0.570. The van der Waals surface area contributed by atoms with Gasteiger partial charge in [0.25, 0.3) is 10.0 Å². The fourth-order valence-electron chi connectivity index (χ4n) is 1.94. The summed E-state index contributed by atoms with van der Waals surface area (Å²) in [5.41, 5.74) is 0. The molecule has 1 aromatic heterocycles. The zero-order valence-electron chi connectivity index (χ0n) is 11.3. The molecule has 0 atom stereocenters. The van der Waals surface area contributed by atoms with Gasteiger partial charge in [-0.2, -0.15) is 16.1 Å². The van der Waals surface area contributed by atoms with Crippen LogP contribution >= 0.6 is 23.1 Å². The molecule has 0 aromatic carbocycles. The molecule has 2 rings (SSSR count). The van der Waals surface area contributed by atoms with Crippen LogP contribution in [0.4, 0.5) is 0 Å². The average Bonchev–Trinajstić information content (AvgIpc) is 2.76. The van der Waals surface area contributed by atoms with Crippen LogP contribution < -0.4 is 0 Å². The summed E-state index contributed by atoms with van der Waals surface area (Å²) in [5, 5.41) is 8.89. The zero-order valence-corrected chi connectivity index (χ0v) is 13.8. The van der Waals surface area contributed by atoms with E-state index in [1.807, 2.05) is 0 Å². The summed E-state index contributed by atoms with van der Waals surface area (Å²) in [6.07, 6.45) is 0.786. The zero-order chi connectivity index (χ0) is 15.0. The van der Waals surface area contributed by atoms with Gasteiger partial charge >= 0.3 is 5.97 Å². The van der Waals surface area contributed by atoms with E-state index in [9.17, 15) is 13.2 Å². The van der Waals surface area contributed by atoms with Gasteiger partial charge in [-0.05, 0) is 18.6 Å². The maximum absolute atomic E-state index is 12.5. The number of hydrogen-bond acceptors (Lipinski definition) is 5. The molecule has 2 heterocycles. The summed E-state index contributed by atoms with van der Waals surface area (Å²) < 4.78 is 26.7. The highest BCUT2D eigenvalue weighted by molar-refractivity contribution is 8.00. The minimum absolute atomic E-state index is 0.0492. The van der Waals surface area contributed by atoms with E-state index in [2.05, 4.69) is 13.8 Å². The summed E-state index contributed by atoms with van der Waals surface area (Å²) in [7, 11) is -3.57. The molecular weight excluding hydrogens is 318 g/mol. The molecule has 8 heteroatoms. The summed E-state index contributed by atoms with van der Waals surface area (Å²) >= 11 is 2.58. The van der Waals surface area contributed by atoms with Crippen LogP contribution in [-0.2, 0) is 10.0 Å². The van der Waals surface area contributed by atoms with Crippen LogP contribution in [0.25, 0.3) is 0 Å². The van der Waals surface area contributed by atoms with Crippen molar-refractivity contribution in [2.45, 2.75) is 29.2 Å². The molecule has 5 nitrogen and oxygen atoms in total. The predicted octanol–water partition coefficient (Wildman–Crippen LogP) is 2.35. The monoisotopic (exact) mass is 335 g/mol. The van der Waals surface area contributed by atoms with Crippen LogP contribution in [0.2, 0.25) is 0 Å². The molecule has 1 fully saturated rings. The maximum Gasteiger partial charge on any atom is 0.345 e. The summed E-state index contributed by atoms with van der Waals surface area (Å²) in [4.78, 5) is 10.9. The number of rotatable bonds is 3. The van der Waals surface area contributed by atoms with Crippen molar-refractivity contribution in [3.63, 3.8) is 0 Å². The minimum Gasteiger partial charge on any atom is -0.477 e. The Balaban J connectivity index is 2.23. The van der Waals surface area contributed by atoms with Gasteiger partial charge in [0.15, 0.2) is 0 Å². The van der Waals surface area contributed by atoms with Gasteiger partial charge in [-0.15, -0.1) is 11.3 Å². The highest BCUT2D eigenvalue weighted by atomic mass is 32.2. The number of nitrogens with zero attached hydrogens (tertiary/aromatic N) is 1. The molecule has 1 aliphatic heterocycles. The van der Waals surface area contributed by atoms with E-state index in [-0.39, 0.29) is 13.8 Å². The quantitative estimate of drug-likeness (QED) is 0.918. The van der Waals surface area contributed by atoms with Gasteiger partial charge in [-0.3, -0.25) is 0 Å². The van der Waals surface area contributed by atoms with Crippen molar-refractivity contribution in [1.82, 2.24) is 4.31 Å². The number of thiophene rings is 1. The molecule has 1 saturated heterocycles. The van der Waals surface area contributed by atoms with Gasteiger partial charge in [0.2, 0.25) is 0 Å². The third-order valence-electron chi connectivity index (χ3n) is 3.18. The first-order chi connectivity index (χ1) is 9.22. The molecule has 0 unspecified atom stereocenters. The molecule has 112 valence electrons. The molecule has 0 spiro atoms. The van der Waals surface area contributed by atoms with Crippen molar-refractivity contribution < 1.29 is 18.3 Å².